The molecule has 2 aromatic carbocycles. The third-order valence-electron chi connectivity index (χ3n) is 4.01. The van der Waals surface area contributed by atoms with E-state index in [-0.39, 0.29) is 6.79 Å². The highest BCUT2D eigenvalue weighted by molar-refractivity contribution is 8.02. The first kappa shape index (κ1) is 15.9. The van der Waals surface area contributed by atoms with Gasteiger partial charge in [0, 0.05) is 16.5 Å². The summed E-state index contributed by atoms with van der Waals surface area (Å²) < 4.78 is 12.6. The van der Waals surface area contributed by atoms with Gasteiger partial charge in [-0.1, -0.05) is 41.0 Å². The van der Waals surface area contributed by atoms with Gasteiger partial charge in [-0.05, 0) is 30.3 Å². The average Bonchev–Trinajstić information content (AvgIpc) is 3.29. The first-order valence-electron chi connectivity index (χ1n) is 7.64. The number of nitrogens with zero attached hydrogens (tertiary/aromatic N) is 3. The number of rotatable bonds is 2. The molecule has 2 aliphatic heterocycles. The van der Waals surface area contributed by atoms with Crippen molar-refractivity contribution in [1.29, 1.82) is 0 Å². The summed E-state index contributed by atoms with van der Waals surface area (Å²) in [6.45, 7) is 0.231. The topological polar surface area (TPSA) is 61.2 Å². The summed E-state index contributed by atoms with van der Waals surface area (Å²) in [5.41, 5.74) is 6.00. The number of ether oxygens (including phenoxy) is 2. The van der Waals surface area contributed by atoms with E-state index in [1.807, 2.05) is 40.4 Å². The molecule has 0 saturated heterocycles. The standard InChI is InChI=1S/C17H10Cl2N4O2S/c18-11-3-1-9(5-12(11)19)13-7-26-17-21-20-16(23(17)22-13)10-2-4-14-15(6-10)25-8-24-14/h1-7,22H,8H2. The molecule has 26 heavy (non-hydrogen) atoms. The molecule has 0 aliphatic carbocycles. The normalized spacial score (nSPS) is 14.6. The molecule has 0 atom stereocenters. The second-order valence-electron chi connectivity index (χ2n) is 5.60. The zero-order chi connectivity index (χ0) is 17.7. The molecule has 0 radical (unpaired) electrons. The van der Waals surface area contributed by atoms with E-state index in [0.717, 1.165) is 27.7 Å². The molecule has 0 fully saturated rings. The fourth-order valence-electron chi connectivity index (χ4n) is 2.72. The summed E-state index contributed by atoms with van der Waals surface area (Å²) in [5.74, 6) is 2.10. The summed E-state index contributed by atoms with van der Waals surface area (Å²) in [6.07, 6.45) is 0. The number of benzene rings is 2. The minimum Gasteiger partial charge on any atom is -0.454 e. The number of aromatic nitrogens is 3. The molecular weight excluding hydrogens is 395 g/mol. The Balaban J connectivity index is 1.51. The van der Waals surface area contributed by atoms with Gasteiger partial charge in [0.05, 0.1) is 15.7 Å². The van der Waals surface area contributed by atoms with Crippen LogP contribution in [0.1, 0.15) is 5.56 Å². The van der Waals surface area contributed by atoms with E-state index in [2.05, 4.69) is 15.6 Å². The van der Waals surface area contributed by atoms with Gasteiger partial charge in [-0.25, -0.2) is 4.68 Å². The summed E-state index contributed by atoms with van der Waals surface area (Å²) in [6, 6.07) is 11.2. The number of nitrogens with one attached hydrogen (secondary N) is 1. The van der Waals surface area contributed by atoms with E-state index in [4.69, 9.17) is 32.7 Å². The molecule has 6 nitrogen and oxygen atoms in total. The fraction of sp³-hybridized carbons (Fsp3) is 0.0588. The van der Waals surface area contributed by atoms with E-state index in [1.54, 1.807) is 6.07 Å². The van der Waals surface area contributed by atoms with Crippen molar-refractivity contribution in [2.45, 2.75) is 5.16 Å². The minimum atomic E-state index is 0.231. The molecule has 0 amide bonds. The van der Waals surface area contributed by atoms with Crippen molar-refractivity contribution in [2.75, 3.05) is 12.2 Å². The monoisotopic (exact) mass is 404 g/mol. The Morgan fingerprint density at radius 3 is 2.69 bits per heavy atom. The Morgan fingerprint density at radius 2 is 1.81 bits per heavy atom. The molecule has 0 spiro atoms. The van der Waals surface area contributed by atoms with Gasteiger partial charge in [-0.3, -0.25) is 5.43 Å². The molecular formula is C17H10Cl2N4O2S. The lowest BCUT2D eigenvalue weighted by atomic mass is 10.2. The number of thioether (sulfide) groups is 1. The van der Waals surface area contributed by atoms with Crippen LogP contribution < -0.4 is 14.9 Å². The lowest BCUT2D eigenvalue weighted by Gasteiger charge is -2.19. The number of hydrogen-bond donors (Lipinski definition) is 1. The lowest BCUT2D eigenvalue weighted by molar-refractivity contribution is 0.174. The van der Waals surface area contributed by atoms with Crippen molar-refractivity contribution in [3.05, 3.63) is 57.4 Å². The van der Waals surface area contributed by atoms with Crippen LogP contribution in [0.3, 0.4) is 0 Å². The second-order valence-corrected chi connectivity index (χ2v) is 7.25. The Labute approximate surface area is 162 Å². The number of halogens is 2. The minimum absolute atomic E-state index is 0.231. The van der Waals surface area contributed by atoms with Crippen LogP contribution in [0.15, 0.2) is 47.0 Å². The van der Waals surface area contributed by atoms with Crippen molar-refractivity contribution in [1.82, 2.24) is 14.9 Å². The first-order chi connectivity index (χ1) is 12.7. The summed E-state index contributed by atoms with van der Waals surface area (Å²) in [7, 11) is 0. The van der Waals surface area contributed by atoms with Gasteiger partial charge in [0.1, 0.15) is 0 Å². The maximum atomic E-state index is 6.14. The smallest absolute Gasteiger partial charge is 0.231 e. The van der Waals surface area contributed by atoms with Crippen molar-refractivity contribution in [3.63, 3.8) is 0 Å². The zero-order valence-corrected chi connectivity index (χ0v) is 15.4. The van der Waals surface area contributed by atoms with Crippen LogP contribution in [0, 0.1) is 0 Å². The van der Waals surface area contributed by atoms with Crippen LogP contribution >= 0.6 is 35.0 Å². The molecule has 3 heterocycles. The summed E-state index contributed by atoms with van der Waals surface area (Å²) in [4.78, 5) is 0. The maximum absolute atomic E-state index is 6.14. The fourth-order valence-corrected chi connectivity index (χ4v) is 3.76. The van der Waals surface area contributed by atoms with Crippen LogP contribution in [-0.2, 0) is 0 Å². The molecule has 0 bridgehead atoms. The van der Waals surface area contributed by atoms with Gasteiger partial charge in [-0.2, -0.15) is 0 Å². The second kappa shape index (κ2) is 6.12. The largest absolute Gasteiger partial charge is 0.454 e. The third-order valence-corrected chi connectivity index (χ3v) is 5.58. The van der Waals surface area contributed by atoms with Crippen LogP contribution in [0.5, 0.6) is 11.5 Å². The Kier molecular flexibility index (Phi) is 3.74. The Bertz CT molecular complexity index is 1070. The lowest BCUT2D eigenvalue weighted by Crippen LogP contribution is -2.18. The van der Waals surface area contributed by atoms with Gasteiger partial charge in [0.15, 0.2) is 17.3 Å². The van der Waals surface area contributed by atoms with E-state index in [1.165, 1.54) is 11.8 Å². The van der Waals surface area contributed by atoms with E-state index in [0.29, 0.717) is 21.6 Å². The van der Waals surface area contributed by atoms with Crippen LogP contribution in [0.25, 0.3) is 17.1 Å². The Hall–Kier alpha value is -2.35. The first-order valence-corrected chi connectivity index (χ1v) is 9.27. The third kappa shape index (κ3) is 2.59. The van der Waals surface area contributed by atoms with Gasteiger partial charge in [-0.15, -0.1) is 10.2 Å². The quantitative estimate of drug-likeness (QED) is 0.671. The van der Waals surface area contributed by atoms with Crippen LogP contribution in [0.4, 0.5) is 0 Å². The van der Waals surface area contributed by atoms with Crippen molar-refractivity contribution in [3.8, 4) is 22.9 Å². The van der Waals surface area contributed by atoms with Gasteiger partial charge < -0.3 is 9.47 Å². The molecule has 2 aliphatic rings. The summed E-state index contributed by atoms with van der Waals surface area (Å²) >= 11 is 13.6. The van der Waals surface area contributed by atoms with E-state index >= 15 is 0 Å². The maximum Gasteiger partial charge on any atom is 0.231 e. The molecule has 0 saturated carbocycles. The van der Waals surface area contributed by atoms with Gasteiger partial charge in [0.2, 0.25) is 11.9 Å². The highest BCUT2D eigenvalue weighted by Crippen LogP contribution is 2.37. The molecule has 5 rings (SSSR count). The van der Waals surface area contributed by atoms with Crippen molar-refractivity contribution < 1.29 is 9.47 Å². The predicted molar refractivity (Wildman–Crippen MR) is 101 cm³/mol. The molecule has 0 unspecified atom stereocenters. The van der Waals surface area contributed by atoms with E-state index < -0.39 is 0 Å². The summed E-state index contributed by atoms with van der Waals surface area (Å²) in [5, 5.41) is 12.3. The molecule has 1 aromatic heterocycles. The van der Waals surface area contributed by atoms with Crippen LogP contribution in [-0.4, -0.2) is 21.7 Å². The number of hydrogen-bond acceptors (Lipinski definition) is 6. The predicted octanol–water partition coefficient (Wildman–Crippen LogP) is 4.63. The van der Waals surface area contributed by atoms with Crippen molar-refractivity contribution >= 4 is 40.7 Å². The van der Waals surface area contributed by atoms with Crippen molar-refractivity contribution in [2.24, 2.45) is 0 Å². The Morgan fingerprint density at radius 1 is 0.962 bits per heavy atom. The van der Waals surface area contributed by atoms with Gasteiger partial charge >= 0.3 is 0 Å². The number of fused-ring (bicyclic) bond motifs is 2. The molecule has 130 valence electrons. The zero-order valence-electron chi connectivity index (χ0n) is 13.1. The SMILES string of the molecule is Clc1ccc(C2=CSc3nnc(-c4ccc5c(c4)OCO5)n3N2)cc1Cl. The van der Waals surface area contributed by atoms with E-state index in [9.17, 15) is 0 Å². The highest BCUT2D eigenvalue weighted by Gasteiger charge is 2.22. The molecule has 9 heteroatoms. The highest BCUT2D eigenvalue weighted by atomic mass is 35.5. The molecule has 3 aromatic rings. The molecule has 1 N–H and O–H groups in total. The van der Waals surface area contributed by atoms with Crippen LogP contribution in [0.2, 0.25) is 10.0 Å². The average molecular weight is 405 g/mol. The van der Waals surface area contributed by atoms with Gasteiger partial charge in [0.25, 0.3) is 0 Å².